The highest BCUT2D eigenvalue weighted by Gasteiger charge is 2.65. The van der Waals surface area contributed by atoms with E-state index >= 15 is 0 Å². The van der Waals surface area contributed by atoms with Crippen LogP contribution >= 0.6 is 0 Å². The van der Waals surface area contributed by atoms with Gasteiger partial charge in [0, 0.05) is 19.1 Å². The van der Waals surface area contributed by atoms with Crippen LogP contribution in [0.3, 0.4) is 0 Å². The molecule has 0 spiro atoms. The number of ether oxygens (including phenoxy) is 1. The number of likely N-dealkylation sites (tertiary alicyclic amines) is 1. The van der Waals surface area contributed by atoms with Crippen molar-refractivity contribution >= 4 is 49.3 Å². The van der Waals surface area contributed by atoms with Crippen molar-refractivity contribution in [3.8, 4) is 0 Å². The molecule has 1 unspecified atom stereocenters. The molecule has 4 rings (SSSR count). The number of hydrogen-bond acceptors (Lipinski definition) is 4. The maximum absolute atomic E-state index is 13.0. The first-order valence-electron chi connectivity index (χ1n) is 9.87. The van der Waals surface area contributed by atoms with Crippen LogP contribution < -0.4 is 0 Å². The van der Waals surface area contributed by atoms with Crippen LogP contribution in [0.2, 0.25) is 10.4 Å². The van der Waals surface area contributed by atoms with Crippen molar-refractivity contribution < 1.29 is 19.1 Å². The number of carbonyl (C=O) groups is 3. The summed E-state index contributed by atoms with van der Waals surface area (Å²) >= 11 is 0. The fraction of sp³-hybridized carbons (Fsp3) is 0.550. The summed E-state index contributed by atoms with van der Waals surface area (Å²) in [6.45, 7) is 5.65. The number of imide groups is 1. The number of nitrogens with zero attached hydrogens (tertiary/aromatic N) is 2. The number of carbonyl (C=O) groups excluding carboxylic acids is 3. The fourth-order valence-corrected chi connectivity index (χ4v) is 5.02. The standard InChI is InChI=1S/C20H20B4N2O4/c1-18(2,3)30-17(29)25-8-12-13(9-25)20(23,24)16(19(12,21)22)26-14(27)10-6-4-5-7-11(10)15(26)28/h4-7,12-13,16H,8-9H2,1-3H3/t12-,13+,16?. The molecular formula is C20H20B4N2O4. The summed E-state index contributed by atoms with van der Waals surface area (Å²) in [5, 5.41) is -3.17. The van der Waals surface area contributed by atoms with E-state index in [2.05, 4.69) is 0 Å². The zero-order valence-corrected chi connectivity index (χ0v) is 17.3. The highest BCUT2D eigenvalue weighted by atomic mass is 16.6. The monoisotopic (exact) mass is 396 g/mol. The van der Waals surface area contributed by atoms with Gasteiger partial charge >= 0.3 is 6.09 Å². The van der Waals surface area contributed by atoms with Crippen LogP contribution in [-0.2, 0) is 4.74 Å². The van der Waals surface area contributed by atoms with Crippen molar-refractivity contribution in [2.75, 3.05) is 13.1 Å². The van der Waals surface area contributed by atoms with Crippen LogP contribution in [0, 0.1) is 11.8 Å². The van der Waals surface area contributed by atoms with E-state index in [-0.39, 0.29) is 24.2 Å². The van der Waals surface area contributed by atoms with E-state index in [0.717, 1.165) is 4.90 Å². The molecule has 1 aromatic rings. The normalized spacial score (nSPS) is 29.1. The van der Waals surface area contributed by atoms with E-state index in [4.69, 9.17) is 36.1 Å². The lowest BCUT2D eigenvalue weighted by molar-refractivity contribution is 0.0265. The molecule has 30 heavy (non-hydrogen) atoms. The number of amides is 3. The Balaban J connectivity index is 1.65. The van der Waals surface area contributed by atoms with Gasteiger partial charge in [0.1, 0.15) is 5.60 Å². The van der Waals surface area contributed by atoms with Crippen molar-refractivity contribution in [3.05, 3.63) is 35.4 Å². The number of hydrogen-bond donors (Lipinski definition) is 0. The molecule has 1 saturated carbocycles. The van der Waals surface area contributed by atoms with E-state index in [0.29, 0.717) is 0 Å². The van der Waals surface area contributed by atoms with Crippen LogP contribution in [0.5, 0.6) is 0 Å². The molecule has 3 atom stereocenters. The van der Waals surface area contributed by atoms with E-state index in [1.807, 2.05) is 0 Å². The molecule has 3 aliphatic rings. The van der Waals surface area contributed by atoms with Gasteiger partial charge in [0.15, 0.2) is 0 Å². The molecule has 146 valence electrons. The average molecular weight is 396 g/mol. The first-order chi connectivity index (χ1) is 13.8. The molecule has 2 aliphatic heterocycles. The van der Waals surface area contributed by atoms with Gasteiger partial charge in [0.25, 0.3) is 11.8 Å². The molecule has 2 fully saturated rings. The van der Waals surface area contributed by atoms with Gasteiger partial charge in [-0.25, -0.2) is 4.79 Å². The highest BCUT2D eigenvalue weighted by Crippen LogP contribution is 2.64. The lowest BCUT2D eigenvalue weighted by Crippen LogP contribution is -2.53. The molecule has 1 saturated heterocycles. The van der Waals surface area contributed by atoms with E-state index < -0.39 is 51.8 Å². The van der Waals surface area contributed by atoms with Crippen molar-refractivity contribution in [1.82, 2.24) is 9.80 Å². The molecule has 1 aliphatic carbocycles. The van der Waals surface area contributed by atoms with Crippen LogP contribution in [0.1, 0.15) is 41.5 Å². The molecule has 1 aromatic carbocycles. The second-order valence-electron chi connectivity index (χ2n) is 9.53. The Labute approximate surface area is 181 Å². The highest BCUT2D eigenvalue weighted by molar-refractivity contribution is 6.48. The molecule has 3 amide bonds. The summed E-state index contributed by atoms with van der Waals surface area (Å²) in [7, 11) is 26.0. The zero-order chi connectivity index (χ0) is 22.2. The summed E-state index contributed by atoms with van der Waals surface area (Å²) < 4.78 is 5.43. The summed E-state index contributed by atoms with van der Waals surface area (Å²) in [5.74, 6) is -2.08. The molecule has 0 N–H and O–H groups in total. The zero-order valence-electron chi connectivity index (χ0n) is 17.3. The van der Waals surface area contributed by atoms with Gasteiger partial charge in [0.05, 0.1) is 42.5 Å². The third-order valence-electron chi connectivity index (χ3n) is 6.29. The van der Waals surface area contributed by atoms with Crippen LogP contribution in [-0.4, -0.2) is 83.8 Å². The van der Waals surface area contributed by atoms with Crippen LogP contribution in [0.25, 0.3) is 0 Å². The van der Waals surface area contributed by atoms with E-state index in [9.17, 15) is 14.4 Å². The first-order valence-corrected chi connectivity index (χ1v) is 9.87. The van der Waals surface area contributed by atoms with E-state index in [1.54, 1.807) is 45.0 Å². The Morgan fingerprint density at radius 3 is 1.80 bits per heavy atom. The van der Waals surface area contributed by atoms with E-state index in [1.165, 1.54) is 4.90 Å². The maximum Gasteiger partial charge on any atom is 0.410 e. The Bertz CT molecular complexity index is 884. The minimum absolute atomic E-state index is 0.169. The fourth-order valence-electron chi connectivity index (χ4n) is 5.02. The second kappa shape index (κ2) is 6.44. The summed E-state index contributed by atoms with van der Waals surface area (Å²) in [6, 6.07) is 5.35. The molecule has 0 bridgehead atoms. The first kappa shape index (κ1) is 21.1. The van der Waals surface area contributed by atoms with Crippen LogP contribution in [0.4, 0.5) is 4.79 Å². The average Bonchev–Trinajstić information content (AvgIpc) is 3.22. The van der Waals surface area contributed by atoms with Gasteiger partial charge in [-0.2, -0.15) is 0 Å². The summed E-state index contributed by atoms with van der Waals surface area (Å²) in [4.78, 5) is 41.0. The molecule has 2 heterocycles. The van der Waals surface area contributed by atoms with Gasteiger partial charge in [-0.05, 0) is 44.7 Å². The van der Waals surface area contributed by atoms with Gasteiger partial charge in [0.2, 0.25) is 0 Å². The molecule has 10 heteroatoms. The summed E-state index contributed by atoms with van der Waals surface area (Å²) in [6.07, 6.45) is -0.513. The molecular weight excluding hydrogens is 375 g/mol. The third-order valence-corrected chi connectivity index (χ3v) is 6.29. The number of benzene rings is 1. The van der Waals surface area contributed by atoms with Crippen molar-refractivity contribution in [3.63, 3.8) is 0 Å². The minimum atomic E-state index is -1.59. The quantitative estimate of drug-likeness (QED) is 0.527. The third kappa shape index (κ3) is 2.94. The molecule has 6 nitrogen and oxygen atoms in total. The Morgan fingerprint density at radius 1 is 0.967 bits per heavy atom. The molecule has 0 aromatic heterocycles. The predicted octanol–water partition coefficient (Wildman–Crippen LogP) is 1.05. The largest absolute Gasteiger partial charge is 0.444 e. The Kier molecular flexibility index (Phi) is 4.54. The minimum Gasteiger partial charge on any atom is -0.444 e. The lowest BCUT2D eigenvalue weighted by atomic mass is 9.41. The van der Waals surface area contributed by atoms with Gasteiger partial charge < -0.3 is 9.64 Å². The Hall–Kier alpha value is -2.11. The van der Waals surface area contributed by atoms with Gasteiger partial charge in [-0.15, -0.1) is 0 Å². The van der Waals surface area contributed by atoms with Crippen molar-refractivity contribution in [2.24, 2.45) is 11.8 Å². The Morgan fingerprint density at radius 2 is 1.40 bits per heavy atom. The SMILES string of the molecule is [B]C1([B])C(N2C(=O)c3ccccc3C2=O)C([B])([B])[C@H]2CN(C(=O)OC(C)(C)C)C[C@H]21. The van der Waals surface area contributed by atoms with Crippen molar-refractivity contribution in [1.29, 1.82) is 0 Å². The maximum atomic E-state index is 13.0. The van der Waals surface area contributed by atoms with Crippen molar-refractivity contribution in [2.45, 2.75) is 42.8 Å². The van der Waals surface area contributed by atoms with Gasteiger partial charge in [-0.1, -0.05) is 22.6 Å². The summed E-state index contributed by atoms with van der Waals surface area (Å²) in [5.41, 5.74) is -0.134. The number of fused-ring (bicyclic) bond motifs is 2. The van der Waals surface area contributed by atoms with Gasteiger partial charge in [-0.3, -0.25) is 14.5 Å². The smallest absolute Gasteiger partial charge is 0.410 e. The predicted molar refractivity (Wildman–Crippen MR) is 114 cm³/mol. The van der Waals surface area contributed by atoms with Crippen LogP contribution in [0.15, 0.2) is 24.3 Å². The number of rotatable bonds is 1. The topological polar surface area (TPSA) is 66.9 Å². The molecule has 8 radical (unpaired) electrons. The lowest BCUT2D eigenvalue weighted by Gasteiger charge is -2.45. The second-order valence-corrected chi connectivity index (χ2v) is 9.53.